The molecule has 1 heterocycles. The van der Waals surface area contributed by atoms with Gasteiger partial charge < -0.3 is 5.11 Å². The summed E-state index contributed by atoms with van der Waals surface area (Å²) in [6.07, 6.45) is 0. The van der Waals surface area contributed by atoms with Crippen LogP contribution in [-0.4, -0.2) is 15.3 Å². The van der Waals surface area contributed by atoms with Crippen LogP contribution in [0.3, 0.4) is 0 Å². The van der Waals surface area contributed by atoms with Crippen molar-refractivity contribution in [2.24, 2.45) is 5.92 Å². The summed E-state index contributed by atoms with van der Waals surface area (Å²) in [4.78, 5) is 4.95. The lowest BCUT2D eigenvalue weighted by atomic mass is 10.2. The number of rotatable bonds is 4. The maximum Gasteiger partial charge on any atom is 0.152 e. The number of halogens is 1. The van der Waals surface area contributed by atoms with Crippen LogP contribution in [0.15, 0.2) is 4.34 Å². The number of aromatic nitrogens is 1. The van der Waals surface area contributed by atoms with Crippen molar-refractivity contribution in [1.29, 1.82) is 0 Å². The van der Waals surface area contributed by atoms with Gasteiger partial charge >= 0.3 is 0 Å². The van der Waals surface area contributed by atoms with Crippen molar-refractivity contribution in [2.45, 2.75) is 37.0 Å². The van der Waals surface area contributed by atoms with E-state index in [0.29, 0.717) is 16.3 Å². The molecule has 0 saturated heterocycles. The molecule has 0 spiro atoms. The topological polar surface area (TPSA) is 33.1 Å². The van der Waals surface area contributed by atoms with Crippen LogP contribution in [0.4, 0.5) is 0 Å². The highest BCUT2D eigenvalue weighted by atomic mass is 35.5. The maximum atomic E-state index is 8.95. The van der Waals surface area contributed by atoms with Gasteiger partial charge in [0.05, 0.1) is 11.5 Å². The lowest BCUT2D eigenvalue weighted by molar-refractivity contribution is 0.285. The molecule has 5 heteroatoms. The van der Waals surface area contributed by atoms with E-state index in [9.17, 15) is 0 Å². The molecule has 0 aliphatic rings. The SMILES string of the molecule is CC(C)C(C)Sc1nc(Cl)c(CO)s1. The van der Waals surface area contributed by atoms with Gasteiger partial charge in [0.1, 0.15) is 5.15 Å². The molecular weight excluding hydrogens is 238 g/mol. The molecular formula is C9H14ClNOS2. The summed E-state index contributed by atoms with van der Waals surface area (Å²) >= 11 is 9.02. The number of nitrogens with zero attached hydrogens (tertiary/aromatic N) is 1. The Hall–Kier alpha value is 0.230. The van der Waals surface area contributed by atoms with E-state index in [0.717, 1.165) is 9.22 Å². The van der Waals surface area contributed by atoms with Gasteiger partial charge in [-0.15, -0.1) is 11.3 Å². The third-order valence-electron chi connectivity index (χ3n) is 2.00. The van der Waals surface area contributed by atoms with Crippen molar-refractivity contribution in [2.75, 3.05) is 0 Å². The monoisotopic (exact) mass is 251 g/mol. The zero-order valence-electron chi connectivity index (χ0n) is 8.45. The average Bonchev–Trinajstić information content (AvgIpc) is 2.45. The molecule has 1 atom stereocenters. The Morgan fingerprint density at radius 1 is 1.50 bits per heavy atom. The van der Waals surface area contributed by atoms with Crippen LogP contribution >= 0.6 is 34.7 Å². The third kappa shape index (κ3) is 3.12. The maximum absolute atomic E-state index is 8.95. The second-order valence-corrected chi connectivity index (χ2v) is 6.48. The fraction of sp³-hybridized carbons (Fsp3) is 0.667. The van der Waals surface area contributed by atoms with Crippen molar-refractivity contribution in [3.8, 4) is 0 Å². The molecule has 1 aromatic heterocycles. The summed E-state index contributed by atoms with van der Waals surface area (Å²) in [5.41, 5.74) is 0. The lowest BCUT2D eigenvalue weighted by Crippen LogP contribution is -2.04. The molecule has 0 bridgehead atoms. The van der Waals surface area contributed by atoms with E-state index < -0.39 is 0 Å². The standard InChI is InChI=1S/C9H14ClNOS2/c1-5(2)6(3)13-9-11-8(10)7(4-12)14-9/h5-6,12H,4H2,1-3H3. The minimum Gasteiger partial charge on any atom is -0.391 e. The quantitative estimate of drug-likeness (QED) is 0.833. The second kappa shape index (κ2) is 5.35. The number of aliphatic hydroxyl groups excluding tert-OH is 1. The van der Waals surface area contributed by atoms with Crippen LogP contribution in [0.5, 0.6) is 0 Å². The zero-order chi connectivity index (χ0) is 10.7. The number of hydrogen-bond acceptors (Lipinski definition) is 4. The molecule has 2 nitrogen and oxygen atoms in total. The molecule has 1 rings (SSSR count). The van der Waals surface area contributed by atoms with Gasteiger partial charge in [0.25, 0.3) is 0 Å². The molecule has 14 heavy (non-hydrogen) atoms. The van der Waals surface area contributed by atoms with E-state index in [1.54, 1.807) is 11.8 Å². The van der Waals surface area contributed by atoms with E-state index in [4.69, 9.17) is 16.7 Å². The smallest absolute Gasteiger partial charge is 0.152 e. The van der Waals surface area contributed by atoms with E-state index in [-0.39, 0.29) is 6.61 Å². The van der Waals surface area contributed by atoms with Crippen LogP contribution in [0, 0.1) is 5.92 Å². The second-order valence-electron chi connectivity index (χ2n) is 3.42. The van der Waals surface area contributed by atoms with Crippen LogP contribution in [-0.2, 0) is 6.61 Å². The summed E-state index contributed by atoms with van der Waals surface area (Å²) in [5.74, 6) is 0.611. The summed E-state index contributed by atoms with van der Waals surface area (Å²) in [6, 6.07) is 0. The molecule has 0 aliphatic heterocycles. The van der Waals surface area contributed by atoms with Gasteiger partial charge in [-0.05, 0) is 5.92 Å². The van der Waals surface area contributed by atoms with Gasteiger partial charge in [-0.1, -0.05) is 44.1 Å². The minimum absolute atomic E-state index is 0.0207. The fourth-order valence-corrected chi connectivity index (χ4v) is 3.34. The Morgan fingerprint density at radius 2 is 2.14 bits per heavy atom. The van der Waals surface area contributed by atoms with Crippen molar-refractivity contribution in [3.63, 3.8) is 0 Å². The largest absolute Gasteiger partial charge is 0.391 e. The van der Waals surface area contributed by atoms with E-state index in [1.807, 2.05) is 0 Å². The molecule has 1 aromatic rings. The summed E-state index contributed by atoms with van der Waals surface area (Å²) < 4.78 is 0.945. The molecule has 0 aromatic carbocycles. The Balaban J connectivity index is 2.68. The van der Waals surface area contributed by atoms with E-state index in [1.165, 1.54) is 11.3 Å². The Kier molecular flexibility index (Phi) is 4.70. The summed E-state index contributed by atoms with van der Waals surface area (Å²) in [6.45, 7) is 6.51. The van der Waals surface area contributed by atoms with Crippen molar-refractivity contribution < 1.29 is 5.11 Å². The van der Waals surface area contributed by atoms with Gasteiger partial charge in [-0.25, -0.2) is 4.98 Å². The first kappa shape index (κ1) is 12.3. The van der Waals surface area contributed by atoms with Gasteiger partial charge in [-0.3, -0.25) is 0 Å². The first-order valence-corrected chi connectivity index (χ1v) is 6.54. The van der Waals surface area contributed by atoms with Gasteiger partial charge in [-0.2, -0.15) is 0 Å². The van der Waals surface area contributed by atoms with Crippen molar-refractivity contribution in [3.05, 3.63) is 10.0 Å². The number of hydrogen-bond donors (Lipinski definition) is 1. The first-order valence-electron chi connectivity index (χ1n) is 4.47. The number of thioether (sulfide) groups is 1. The first-order chi connectivity index (χ1) is 6.54. The highest BCUT2D eigenvalue weighted by molar-refractivity contribution is 8.01. The average molecular weight is 252 g/mol. The predicted molar refractivity (Wildman–Crippen MR) is 63.2 cm³/mol. The Bertz CT molecular complexity index is 301. The molecule has 0 aliphatic carbocycles. The van der Waals surface area contributed by atoms with Crippen LogP contribution in [0.1, 0.15) is 25.6 Å². The van der Waals surface area contributed by atoms with Crippen molar-refractivity contribution >= 4 is 34.7 Å². The van der Waals surface area contributed by atoms with E-state index in [2.05, 4.69) is 25.8 Å². The van der Waals surface area contributed by atoms with Gasteiger partial charge in [0.2, 0.25) is 0 Å². The molecule has 0 radical (unpaired) electrons. The third-order valence-corrected chi connectivity index (χ3v) is 5.01. The molecule has 1 unspecified atom stereocenters. The van der Waals surface area contributed by atoms with Gasteiger partial charge in [0, 0.05) is 5.25 Å². The zero-order valence-corrected chi connectivity index (χ0v) is 10.8. The highest BCUT2D eigenvalue weighted by Gasteiger charge is 2.14. The van der Waals surface area contributed by atoms with Gasteiger partial charge in [0.15, 0.2) is 4.34 Å². The normalized spacial score (nSPS) is 13.6. The van der Waals surface area contributed by atoms with Crippen LogP contribution in [0.2, 0.25) is 5.15 Å². The minimum atomic E-state index is -0.0207. The number of aliphatic hydroxyl groups is 1. The lowest BCUT2D eigenvalue weighted by Gasteiger charge is -2.12. The predicted octanol–water partition coefficient (Wildman–Crippen LogP) is 3.43. The molecule has 0 amide bonds. The fourth-order valence-electron chi connectivity index (χ4n) is 0.756. The summed E-state index contributed by atoms with van der Waals surface area (Å²) in [7, 11) is 0. The van der Waals surface area contributed by atoms with Crippen LogP contribution in [0.25, 0.3) is 0 Å². The van der Waals surface area contributed by atoms with Crippen LogP contribution < -0.4 is 0 Å². The molecule has 0 saturated carbocycles. The number of thiazole rings is 1. The molecule has 1 N–H and O–H groups in total. The van der Waals surface area contributed by atoms with E-state index >= 15 is 0 Å². The molecule has 80 valence electrons. The Labute approximate surface area is 97.7 Å². The highest BCUT2D eigenvalue weighted by Crippen LogP contribution is 2.34. The Morgan fingerprint density at radius 3 is 2.57 bits per heavy atom. The summed E-state index contributed by atoms with van der Waals surface area (Å²) in [5, 5.41) is 9.91. The molecule has 0 fully saturated rings. The van der Waals surface area contributed by atoms with Crippen molar-refractivity contribution in [1.82, 2.24) is 4.98 Å².